The van der Waals surface area contributed by atoms with Crippen LogP contribution in [0.4, 0.5) is 0 Å². The lowest BCUT2D eigenvalue weighted by atomic mass is 10.0. The van der Waals surface area contributed by atoms with Crippen LogP contribution in [0.3, 0.4) is 0 Å². The van der Waals surface area contributed by atoms with E-state index >= 15 is 0 Å². The molecule has 1 aliphatic carbocycles. The molecule has 2 atom stereocenters. The number of hydrogen-bond donors (Lipinski definition) is 1. The summed E-state index contributed by atoms with van der Waals surface area (Å²) in [5, 5.41) is 3.74. The predicted octanol–water partition coefficient (Wildman–Crippen LogP) is 2.20. The molecular formula is C13H26N2S. The molecule has 1 aliphatic heterocycles. The summed E-state index contributed by atoms with van der Waals surface area (Å²) in [6.45, 7) is 7.46. The van der Waals surface area contributed by atoms with Gasteiger partial charge in [0.05, 0.1) is 0 Å². The summed E-state index contributed by atoms with van der Waals surface area (Å²) in [6.07, 6.45) is 5.57. The van der Waals surface area contributed by atoms with E-state index in [1.165, 1.54) is 63.4 Å². The Morgan fingerprint density at radius 1 is 1.25 bits per heavy atom. The highest BCUT2D eigenvalue weighted by Crippen LogP contribution is 2.27. The summed E-state index contributed by atoms with van der Waals surface area (Å²) in [7, 11) is 0. The van der Waals surface area contributed by atoms with Gasteiger partial charge in [-0.25, -0.2) is 0 Å². The third-order valence-corrected chi connectivity index (χ3v) is 4.85. The van der Waals surface area contributed by atoms with Gasteiger partial charge in [0.2, 0.25) is 0 Å². The highest BCUT2D eigenvalue weighted by molar-refractivity contribution is 7.99. The molecule has 0 radical (unpaired) electrons. The molecule has 3 heteroatoms. The van der Waals surface area contributed by atoms with Crippen molar-refractivity contribution in [3.8, 4) is 0 Å². The minimum atomic E-state index is 0.814. The minimum Gasteiger partial charge on any atom is -0.314 e. The van der Waals surface area contributed by atoms with Crippen molar-refractivity contribution in [2.24, 2.45) is 5.92 Å². The van der Waals surface area contributed by atoms with Crippen molar-refractivity contribution in [3.63, 3.8) is 0 Å². The number of hydrogen-bond acceptors (Lipinski definition) is 3. The van der Waals surface area contributed by atoms with Gasteiger partial charge in [-0.3, -0.25) is 0 Å². The van der Waals surface area contributed by atoms with Crippen LogP contribution in [-0.4, -0.2) is 48.6 Å². The molecule has 1 saturated carbocycles. The van der Waals surface area contributed by atoms with Gasteiger partial charge >= 0.3 is 0 Å². The van der Waals surface area contributed by atoms with Crippen LogP contribution in [0.2, 0.25) is 0 Å². The van der Waals surface area contributed by atoms with Gasteiger partial charge in [-0.1, -0.05) is 13.3 Å². The van der Waals surface area contributed by atoms with Crippen LogP contribution in [-0.2, 0) is 0 Å². The van der Waals surface area contributed by atoms with Gasteiger partial charge in [-0.05, 0) is 31.7 Å². The summed E-state index contributed by atoms with van der Waals surface area (Å²) < 4.78 is 0. The minimum absolute atomic E-state index is 0.814. The molecule has 2 fully saturated rings. The molecular weight excluding hydrogens is 216 g/mol. The van der Waals surface area contributed by atoms with E-state index in [1.54, 1.807) is 0 Å². The number of nitrogens with zero attached hydrogens (tertiary/aromatic N) is 1. The molecule has 1 saturated heterocycles. The number of thioether (sulfide) groups is 1. The van der Waals surface area contributed by atoms with Crippen LogP contribution < -0.4 is 5.32 Å². The average molecular weight is 242 g/mol. The molecule has 16 heavy (non-hydrogen) atoms. The zero-order chi connectivity index (χ0) is 11.2. The molecule has 2 aliphatic rings. The molecule has 2 rings (SSSR count). The van der Waals surface area contributed by atoms with Gasteiger partial charge < -0.3 is 10.2 Å². The van der Waals surface area contributed by atoms with Crippen molar-refractivity contribution in [2.75, 3.05) is 37.7 Å². The topological polar surface area (TPSA) is 15.3 Å². The molecule has 1 N–H and O–H groups in total. The molecule has 2 unspecified atom stereocenters. The summed E-state index contributed by atoms with van der Waals surface area (Å²) >= 11 is 2.11. The first kappa shape index (κ1) is 12.7. The fourth-order valence-electron chi connectivity index (χ4n) is 2.97. The van der Waals surface area contributed by atoms with Crippen molar-refractivity contribution in [1.82, 2.24) is 10.2 Å². The van der Waals surface area contributed by atoms with Crippen molar-refractivity contribution in [2.45, 2.75) is 38.6 Å². The summed E-state index contributed by atoms with van der Waals surface area (Å²) in [4.78, 5) is 2.69. The number of rotatable bonds is 5. The first-order valence-corrected chi connectivity index (χ1v) is 8.09. The molecule has 0 bridgehead atoms. The van der Waals surface area contributed by atoms with Crippen LogP contribution >= 0.6 is 11.8 Å². The molecule has 0 aromatic rings. The van der Waals surface area contributed by atoms with Gasteiger partial charge in [-0.2, -0.15) is 11.8 Å². The zero-order valence-corrected chi connectivity index (χ0v) is 11.4. The fourth-order valence-corrected chi connectivity index (χ4v) is 3.95. The van der Waals surface area contributed by atoms with Crippen molar-refractivity contribution in [1.29, 1.82) is 0 Å². The van der Waals surface area contributed by atoms with E-state index in [9.17, 15) is 0 Å². The molecule has 1 heterocycles. The maximum absolute atomic E-state index is 3.74. The first-order chi connectivity index (χ1) is 7.90. The van der Waals surface area contributed by atoms with E-state index in [0.29, 0.717) is 0 Å². The summed E-state index contributed by atoms with van der Waals surface area (Å²) in [6, 6.07) is 0.814. The third-order valence-electron chi connectivity index (χ3n) is 3.91. The van der Waals surface area contributed by atoms with E-state index < -0.39 is 0 Å². The van der Waals surface area contributed by atoms with E-state index in [1.807, 2.05) is 0 Å². The Morgan fingerprint density at radius 3 is 2.81 bits per heavy atom. The fraction of sp³-hybridized carbons (Fsp3) is 1.00. The van der Waals surface area contributed by atoms with E-state index in [-0.39, 0.29) is 0 Å². The van der Waals surface area contributed by atoms with Gasteiger partial charge in [0.25, 0.3) is 0 Å². The van der Waals surface area contributed by atoms with Gasteiger partial charge in [0, 0.05) is 37.2 Å². The monoisotopic (exact) mass is 242 g/mol. The van der Waals surface area contributed by atoms with E-state index in [0.717, 1.165) is 12.0 Å². The molecule has 0 aromatic carbocycles. The Morgan fingerprint density at radius 2 is 2.06 bits per heavy atom. The molecule has 0 aromatic heterocycles. The van der Waals surface area contributed by atoms with Crippen molar-refractivity contribution >= 4 is 11.8 Å². The van der Waals surface area contributed by atoms with Gasteiger partial charge in [-0.15, -0.1) is 0 Å². The highest BCUT2D eigenvalue weighted by Gasteiger charge is 2.28. The van der Waals surface area contributed by atoms with Gasteiger partial charge in [0.15, 0.2) is 0 Å². The lowest BCUT2D eigenvalue weighted by Gasteiger charge is -2.31. The third kappa shape index (κ3) is 3.64. The van der Waals surface area contributed by atoms with Crippen LogP contribution in [0.15, 0.2) is 0 Å². The Bertz CT molecular complexity index is 192. The van der Waals surface area contributed by atoms with Crippen molar-refractivity contribution in [3.05, 3.63) is 0 Å². The van der Waals surface area contributed by atoms with Gasteiger partial charge in [0.1, 0.15) is 0 Å². The standard InChI is InChI=1S/C13H26N2S/c1-2-6-14-13-5-3-4-12(13)11-15-7-9-16-10-8-15/h12-14H,2-11H2,1H3. The first-order valence-electron chi connectivity index (χ1n) is 6.93. The predicted molar refractivity (Wildman–Crippen MR) is 73.2 cm³/mol. The number of nitrogens with one attached hydrogen (secondary N) is 1. The van der Waals surface area contributed by atoms with Crippen LogP contribution in [0.5, 0.6) is 0 Å². The second-order valence-electron chi connectivity index (χ2n) is 5.16. The quantitative estimate of drug-likeness (QED) is 0.796. The molecule has 0 spiro atoms. The molecule has 94 valence electrons. The second-order valence-corrected chi connectivity index (χ2v) is 6.39. The maximum atomic E-state index is 3.74. The Balaban J connectivity index is 1.73. The van der Waals surface area contributed by atoms with E-state index in [4.69, 9.17) is 0 Å². The Kier molecular flexibility index (Phi) is 5.46. The maximum Gasteiger partial charge on any atom is 0.0107 e. The summed E-state index contributed by atoms with van der Waals surface area (Å²) in [5.41, 5.74) is 0. The van der Waals surface area contributed by atoms with Crippen molar-refractivity contribution < 1.29 is 0 Å². The average Bonchev–Trinajstić information content (AvgIpc) is 2.75. The Labute approximate surface area is 105 Å². The van der Waals surface area contributed by atoms with Crippen LogP contribution in [0.25, 0.3) is 0 Å². The second kappa shape index (κ2) is 6.87. The Hall–Kier alpha value is 0.270. The SMILES string of the molecule is CCCNC1CCCC1CN1CCSCC1. The lowest BCUT2D eigenvalue weighted by molar-refractivity contribution is 0.231. The largest absolute Gasteiger partial charge is 0.314 e. The van der Waals surface area contributed by atoms with Crippen LogP contribution in [0.1, 0.15) is 32.6 Å². The van der Waals surface area contributed by atoms with Crippen LogP contribution in [0, 0.1) is 5.92 Å². The highest BCUT2D eigenvalue weighted by atomic mass is 32.2. The summed E-state index contributed by atoms with van der Waals surface area (Å²) in [5.74, 6) is 3.62. The lowest BCUT2D eigenvalue weighted by Crippen LogP contribution is -2.42. The molecule has 2 nitrogen and oxygen atoms in total. The smallest absolute Gasteiger partial charge is 0.0107 e. The van der Waals surface area contributed by atoms with E-state index in [2.05, 4.69) is 28.9 Å². The zero-order valence-electron chi connectivity index (χ0n) is 10.6. The molecule has 0 amide bonds. The normalized spacial score (nSPS) is 32.1.